The maximum atomic E-state index is 4.76. The fraction of sp³-hybridized carbons (Fsp3) is 0.389. The Hall–Kier alpha value is -1.92. The molecule has 0 N–H and O–H groups in total. The average Bonchev–Trinajstić information content (AvgIpc) is 3.03. The number of rotatable bonds is 4. The van der Waals surface area contributed by atoms with Gasteiger partial charge in [0.2, 0.25) is 0 Å². The average molecular weight is 339 g/mol. The van der Waals surface area contributed by atoms with Gasteiger partial charge in [0.25, 0.3) is 0 Å². The highest BCUT2D eigenvalue weighted by Gasteiger charge is 2.25. The zero-order chi connectivity index (χ0) is 16.5. The molecule has 4 rings (SSSR count). The lowest BCUT2D eigenvalue weighted by Crippen LogP contribution is -2.28. The van der Waals surface area contributed by atoms with Crippen molar-refractivity contribution < 1.29 is 0 Å². The second-order valence-electron chi connectivity index (χ2n) is 6.26. The number of aryl methyl sites for hydroxylation is 1. The van der Waals surface area contributed by atoms with Crippen molar-refractivity contribution in [3.05, 3.63) is 53.7 Å². The van der Waals surface area contributed by atoms with E-state index in [0.29, 0.717) is 6.04 Å². The number of hydrogen-bond acceptors (Lipinski definition) is 5. The summed E-state index contributed by atoms with van der Waals surface area (Å²) in [5.74, 6) is 0. The van der Waals surface area contributed by atoms with Crippen LogP contribution in [0.1, 0.15) is 35.8 Å². The van der Waals surface area contributed by atoms with Crippen LogP contribution in [0.2, 0.25) is 0 Å². The first-order valence-electron chi connectivity index (χ1n) is 8.27. The second-order valence-corrected chi connectivity index (χ2v) is 7.04. The van der Waals surface area contributed by atoms with Gasteiger partial charge in [-0.15, -0.1) is 0 Å². The molecular formula is C18H21N5S. The fourth-order valence-electron chi connectivity index (χ4n) is 3.55. The Morgan fingerprint density at radius 3 is 3.08 bits per heavy atom. The molecule has 5 nitrogen and oxygen atoms in total. The summed E-state index contributed by atoms with van der Waals surface area (Å²) in [6.45, 7) is 0.816. The van der Waals surface area contributed by atoms with E-state index in [-0.39, 0.29) is 0 Å². The monoisotopic (exact) mass is 339 g/mol. The Balaban J connectivity index is 1.60. The zero-order valence-electron chi connectivity index (χ0n) is 14.0. The normalized spacial score (nSPS) is 17.4. The third-order valence-electron chi connectivity index (χ3n) is 4.69. The van der Waals surface area contributed by atoms with Gasteiger partial charge < -0.3 is 0 Å². The number of hydrogen-bond donors (Lipinski definition) is 0. The molecule has 0 unspecified atom stereocenters. The lowest BCUT2D eigenvalue weighted by molar-refractivity contribution is 0.206. The molecule has 0 radical (unpaired) electrons. The van der Waals surface area contributed by atoms with E-state index in [0.717, 1.165) is 35.9 Å². The number of nitrogens with zero attached hydrogens (tertiary/aromatic N) is 5. The van der Waals surface area contributed by atoms with Gasteiger partial charge in [0.05, 0.1) is 17.4 Å². The number of aromatic nitrogens is 4. The van der Waals surface area contributed by atoms with E-state index in [4.69, 9.17) is 4.98 Å². The smallest absolute Gasteiger partial charge is 0.173 e. The van der Waals surface area contributed by atoms with Gasteiger partial charge in [-0.1, -0.05) is 17.8 Å². The van der Waals surface area contributed by atoms with Gasteiger partial charge in [-0.2, -0.15) is 0 Å². The van der Waals surface area contributed by atoms with Crippen molar-refractivity contribution in [2.75, 3.05) is 13.3 Å². The summed E-state index contributed by atoms with van der Waals surface area (Å²) in [5, 5.41) is 0.971. The quantitative estimate of drug-likeness (QED) is 0.539. The Kier molecular flexibility index (Phi) is 4.24. The molecule has 3 aromatic rings. The minimum absolute atomic E-state index is 0.373. The van der Waals surface area contributed by atoms with Crippen LogP contribution in [-0.2, 0) is 13.0 Å². The van der Waals surface area contributed by atoms with E-state index < -0.39 is 0 Å². The first-order chi connectivity index (χ1) is 11.8. The van der Waals surface area contributed by atoms with Crippen LogP contribution in [0.5, 0.6) is 0 Å². The highest BCUT2D eigenvalue weighted by Crippen LogP contribution is 2.32. The van der Waals surface area contributed by atoms with Gasteiger partial charge in [-0.25, -0.2) is 9.97 Å². The largest absolute Gasteiger partial charge is 0.292 e. The number of fused-ring (bicyclic) bond motifs is 2. The number of pyridine rings is 1. The molecule has 3 aromatic heterocycles. The zero-order valence-corrected chi connectivity index (χ0v) is 14.8. The molecule has 124 valence electrons. The van der Waals surface area contributed by atoms with Crippen molar-refractivity contribution in [2.45, 2.75) is 37.0 Å². The fourth-order valence-corrected chi connectivity index (χ4v) is 4.06. The second kappa shape index (κ2) is 6.53. The SMILES string of the molecule is CSc1nccc2nc(CN(C)[C@H]3CCCc4cccnc43)cn12. The predicted octanol–water partition coefficient (Wildman–Crippen LogP) is 3.36. The minimum atomic E-state index is 0.373. The van der Waals surface area contributed by atoms with Crippen LogP contribution < -0.4 is 0 Å². The molecule has 1 aliphatic carbocycles. The van der Waals surface area contributed by atoms with Gasteiger partial charge in [-0.05, 0) is 50.3 Å². The molecule has 3 heterocycles. The lowest BCUT2D eigenvalue weighted by Gasteiger charge is -2.31. The van der Waals surface area contributed by atoms with Gasteiger partial charge in [-0.3, -0.25) is 14.3 Å². The molecule has 0 fully saturated rings. The molecule has 0 saturated carbocycles. The van der Waals surface area contributed by atoms with Gasteiger partial charge >= 0.3 is 0 Å². The van der Waals surface area contributed by atoms with E-state index >= 15 is 0 Å². The Labute approximate surface area is 146 Å². The van der Waals surface area contributed by atoms with Crippen molar-refractivity contribution in [1.82, 2.24) is 24.3 Å². The van der Waals surface area contributed by atoms with Gasteiger partial charge in [0.1, 0.15) is 5.65 Å². The van der Waals surface area contributed by atoms with Crippen LogP contribution in [0, 0.1) is 0 Å². The summed E-state index contributed by atoms with van der Waals surface area (Å²) in [5.41, 5.74) is 4.66. The Morgan fingerprint density at radius 1 is 1.29 bits per heavy atom. The lowest BCUT2D eigenvalue weighted by atomic mass is 9.91. The molecule has 0 saturated heterocycles. The first kappa shape index (κ1) is 15.6. The summed E-state index contributed by atoms with van der Waals surface area (Å²) in [7, 11) is 2.17. The Bertz CT molecular complexity index is 859. The van der Waals surface area contributed by atoms with Crippen LogP contribution in [0.25, 0.3) is 5.65 Å². The van der Waals surface area contributed by atoms with Crippen molar-refractivity contribution in [3.63, 3.8) is 0 Å². The van der Waals surface area contributed by atoms with Crippen molar-refractivity contribution in [3.8, 4) is 0 Å². The van der Waals surface area contributed by atoms with Crippen molar-refractivity contribution >= 4 is 17.4 Å². The summed E-state index contributed by atoms with van der Waals surface area (Å²) in [6.07, 6.45) is 11.4. The number of imidazole rings is 1. The van der Waals surface area contributed by atoms with Crippen LogP contribution in [0.4, 0.5) is 0 Å². The third kappa shape index (κ3) is 2.80. The molecule has 0 aliphatic heterocycles. The van der Waals surface area contributed by atoms with Crippen LogP contribution in [0.15, 0.2) is 41.9 Å². The highest BCUT2D eigenvalue weighted by molar-refractivity contribution is 7.98. The van der Waals surface area contributed by atoms with Crippen LogP contribution >= 0.6 is 11.8 Å². The molecule has 0 amide bonds. The third-order valence-corrected chi connectivity index (χ3v) is 5.36. The molecule has 6 heteroatoms. The molecule has 24 heavy (non-hydrogen) atoms. The highest BCUT2D eigenvalue weighted by atomic mass is 32.2. The molecular weight excluding hydrogens is 318 g/mol. The maximum absolute atomic E-state index is 4.76. The van der Waals surface area contributed by atoms with E-state index in [9.17, 15) is 0 Å². The van der Waals surface area contributed by atoms with Gasteiger partial charge in [0.15, 0.2) is 5.16 Å². The molecule has 1 aliphatic rings. The van der Waals surface area contributed by atoms with Crippen molar-refractivity contribution in [2.24, 2.45) is 0 Å². The molecule has 0 aromatic carbocycles. The van der Waals surface area contributed by atoms with E-state index in [1.54, 1.807) is 11.8 Å². The topological polar surface area (TPSA) is 46.3 Å². The van der Waals surface area contributed by atoms with Crippen LogP contribution in [0.3, 0.4) is 0 Å². The van der Waals surface area contributed by atoms with E-state index in [1.165, 1.54) is 17.7 Å². The molecule has 0 spiro atoms. The van der Waals surface area contributed by atoms with E-state index in [1.807, 2.05) is 30.8 Å². The molecule has 0 bridgehead atoms. The summed E-state index contributed by atoms with van der Waals surface area (Å²) in [4.78, 5) is 16.2. The minimum Gasteiger partial charge on any atom is -0.292 e. The summed E-state index contributed by atoms with van der Waals surface area (Å²) < 4.78 is 2.07. The Morgan fingerprint density at radius 2 is 2.21 bits per heavy atom. The summed E-state index contributed by atoms with van der Waals surface area (Å²) >= 11 is 1.64. The first-order valence-corrected chi connectivity index (χ1v) is 9.50. The van der Waals surface area contributed by atoms with Gasteiger partial charge in [0, 0.05) is 25.1 Å². The molecule has 1 atom stereocenters. The standard InChI is InChI=1S/C18H21N5S/c1-22(15-7-3-5-13-6-4-9-19-17(13)15)11-14-12-23-16(21-14)8-10-20-18(23)24-2/h4,6,8-10,12,15H,3,5,7,11H2,1-2H3/t15-/m0/s1. The van der Waals surface area contributed by atoms with E-state index in [2.05, 4.69) is 38.6 Å². The maximum Gasteiger partial charge on any atom is 0.173 e. The predicted molar refractivity (Wildman–Crippen MR) is 96.2 cm³/mol. The summed E-state index contributed by atoms with van der Waals surface area (Å²) in [6, 6.07) is 6.59. The number of thioether (sulfide) groups is 1. The van der Waals surface area contributed by atoms with Crippen LogP contribution in [-0.4, -0.2) is 37.6 Å². The van der Waals surface area contributed by atoms with Crippen molar-refractivity contribution in [1.29, 1.82) is 0 Å².